The summed E-state index contributed by atoms with van der Waals surface area (Å²) in [5.41, 5.74) is 5.40. The monoisotopic (exact) mass is 401 g/mol. The van der Waals surface area contributed by atoms with E-state index in [4.69, 9.17) is 0 Å². The van der Waals surface area contributed by atoms with E-state index >= 15 is 0 Å². The van der Waals surface area contributed by atoms with Gasteiger partial charge in [-0.3, -0.25) is 9.69 Å². The fourth-order valence-electron chi connectivity index (χ4n) is 5.38. The van der Waals surface area contributed by atoms with E-state index in [-0.39, 0.29) is 5.91 Å². The zero-order valence-electron chi connectivity index (χ0n) is 17.8. The number of likely N-dealkylation sites (N-methyl/N-ethyl adjacent to an activating group) is 1. The van der Waals surface area contributed by atoms with Crippen molar-refractivity contribution in [3.63, 3.8) is 0 Å². The predicted octanol–water partition coefficient (Wildman–Crippen LogP) is 4.19. The number of aromatic amines is 1. The second-order valence-electron chi connectivity index (χ2n) is 8.99. The number of benzene rings is 2. The molecule has 1 amide bonds. The Balaban J connectivity index is 1.18. The molecule has 3 aromatic rings. The van der Waals surface area contributed by atoms with Gasteiger partial charge in [-0.15, -0.1) is 0 Å². The third-order valence-electron chi connectivity index (χ3n) is 7.20. The summed E-state index contributed by atoms with van der Waals surface area (Å²) in [6, 6.07) is 18.1. The predicted molar refractivity (Wildman–Crippen MR) is 122 cm³/mol. The van der Waals surface area contributed by atoms with Gasteiger partial charge in [0.25, 0.3) is 0 Å². The number of amides is 1. The van der Waals surface area contributed by atoms with Crippen molar-refractivity contribution in [3.05, 3.63) is 71.4 Å². The van der Waals surface area contributed by atoms with E-state index in [2.05, 4.69) is 58.5 Å². The molecule has 1 N–H and O–H groups in total. The Hall–Kier alpha value is -2.59. The molecule has 0 unspecified atom stereocenters. The summed E-state index contributed by atoms with van der Waals surface area (Å²) in [7, 11) is 2.01. The Morgan fingerprint density at radius 2 is 1.83 bits per heavy atom. The number of hydrogen-bond acceptors (Lipinski definition) is 2. The first-order valence-corrected chi connectivity index (χ1v) is 11.3. The van der Waals surface area contributed by atoms with Crippen molar-refractivity contribution in [3.8, 4) is 0 Å². The van der Waals surface area contributed by atoms with E-state index < -0.39 is 0 Å². The lowest BCUT2D eigenvalue weighted by Gasteiger charge is -2.40. The van der Waals surface area contributed by atoms with E-state index in [1.807, 2.05) is 18.0 Å². The molecule has 1 atom stereocenters. The highest BCUT2D eigenvalue weighted by Gasteiger charge is 2.32. The maximum absolute atomic E-state index is 13.0. The highest BCUT2D eigenvalue weighted by Crippen LogP contribution is 2.28. The van der Waals surface area contributed by atoms with E-state index in [0.717, 1.165) is 44.3 Å². The lowest BCUT2D eigenvalue weighted by molar-refractivity contribution is -0.133. The van der Waals surface area contributed by atoms with Crippen molar-refractivity contribution < 1.29 is 4.79 Å². The number of para-hydroxylation sites is 1. The number of carbonyl (C=O) groups excluding carboxylic acids is 1. The van der Waals surface area contributed by atoms with Crippen molar-refractivity contribution in [2.45, 2.75) is 50.6 Å². The third kappa shape index (κ3) is 3.77. The molecule has 0 radical (unpaired) electrons. The van der Waals surface area contributed by atoms with E-state index in [1.54, 1.807) is 0 Å². The topological polar surface area (TPSA) is 39.3 Å². The number of fused-ring (bicyclic) bond motifs is 2. The van der Waals surface area contributed by atoms with Gasteiger partial charge in [0.2, 0.25) is 5.91 Å². The number of rotatable bonds is 5. The molecule has 2 aromatic carbocycles. The summed E-state index contributed by atoms with van der Waals surface area (Å²) in [6.07, 6.45) is 8.02. The average molecular weight is 402 g/mol. The minimum atomic E-state index is 0.266. The second kappa shape index (κ2) is 8.27. The summed E-state index contributed by atoms with van der Waals surface area (Å²) in [4.78, 5) is 21.0. The minimum absolute atomic E-state index is 0.266. The first-order valence-electron chi connectivity index (χ1n) is 11.3. The number of piperidine rings is 1. The largest absolute Gasteiger partial charge is 0.361 e. The van der Waals surface area contributed by atoms with Crippen LogP contribution in [0.15, 0.2) is 54.7 Å². The molecule has 1 saturated heterocycles. The number of H-pyrrole nitrogens is 1. The maximum Gasteiger partial charge on any atom is 0.222 e. The van der Waals surface area contributed by atoms with Crippen LogP contribution in [-0.4, -0.2) is 52.9 Å². The Kier molecular flexibility index (Phi) is 5.34. The molecule has 156 valence electrons. The van der Waals surface area contributed by atoms with Crippen molar-refractivity contribution in [2.24, 2.45) is 0 Å². The van der Waals surface area contributed by atoms with Crippen LogP contribution in [0.4, 0.5) is 0 Å². The minimum Gasteiger partial charge on any atom is -0.361 e. The van der Waals surface area contributed by atoms with Gasteiger partial charge in [-0.05, 0) is 61.4 Å². The Morgan fingerprint density at radius 1 is 1.10 bits per heavy atom. The highest BCUT2D eigenvalue weighted by molar-refractivity contribution is 5.84. The molecule has 1 fully saturated rings. The third-order valence-corrected chi connectivity index (χ3v) is 7.20. The molecule has 0 bridgehead atoms. The molecule has 1 aliphatic carbocycles. The summed E-state index contributed by atoms with van der Waals surface area (Å²) < 4.78 is 0. The number of nitrogens with zero attached hydrogens (tertiary/aromatic N) is 2. The smallest absolute Gasteiger partial charge is 0.222 e. The standard InChI is InChI=1S/C26H31N3O/c1-28(26(30)13-12-21-17-27-25-11-5-4-10-24(21)25)22-9-6-14-29(18-22)23-15-19-7-2-3-8-20(19)16-23/h2-5,7-8,10-11,17,22-23,27H,6,9,12-16,18H2,1H3/t22-/m0/s1. The first-order chi connectivity index (χ1) is 14.7. The van der Waals surface area contributed by atoms with Crippen LogP contribution in [0.1, 0.15) is 36.0 Å². The molecule has 4 heteroatoms. The molecule has 1 aliphatic heterocycles. The number of carbonyl (C=O) groups is 1. The van der Waals surface area contributed by atoms with Crippen LogP contribution in [0.25, 0.3) is 10.9 Å². The Bertz CT molecular complexity index is 1010. The second-order valence-corrected chi connectivity index (χ2v) is 8.99. The van der Waals surface area contributed by atoms with Gasteiger partial charge in [0.1, 0.15) is 0 Å². The number of nitrogens with one attached hydrogen (secondary N) is 1. The fraction of sp³-hybridized carbons (Fsp3) is 0.423. The lowest BCUT2D eigenvalue weighted by atomic mass is 10.0. The van der Waals surface area contributed by atoms with Crippen LogP contribution in [0.5, 0.6) is 0 Å². The van der Waals surface area contributed by atoms with Crippen molar-refractivity contribution in [2.75, 3.05) is 20.1 Å². The van der Waals surface area contributed by atoms with E-state index in [0.29, 0.717) is 18.5 Å². The fourth-order valence-corrected chi connectivity index (χ4v) is 5.38. The summed E-state index contributed by atoms with van der Waals surface area (Å²) in [5.74, 6) is 0.266. The quantitative estimate of drug-likeness (QED) is 0.696. The van der Waals surface area contributed by atoms with Gasteiger partial charge in [-0.1, -0.05) is 42.5 Å². The van der Waals surface area contributed by atoms with Crippen molar-refractivity contribution in [1.29, 1.82) is 0 Å². The van der Waals surface area contributed by atoms with Gasteiger partial charge in [-0.2, -0.15) is 0 Å². The van der Waals surface area contributed by atoms with Gasteiger partial charge in [0, 0.05) is 49.2 Å². The normalized spacial score (nSPS) is 19.8. The van der Waals surface area contributed by atoms with Crippen molar-refractivity contribution >= 4 is 16.8 Å². The zero-order valence-corrected chi connectivity index (χ0v) is 17.8. The zero-order chi connectivity index (χ0) is 20.5. The Morgan fingerprint density at radius 3 is 2.63 bits per heavy atom. The summed E-state index contributed by atoms with van der Waals surface area (Å²) in [6.45, 7) is 2.17. The average Bonchev–Trinajstić information content (AvgIpc) is 3.41. The highest BCUT2D eigenvalue weighted by atomic mass is 16.2. The molecule has 30 heavy (non-hydrogen) atoms. The van der Waals surface area contributed by atoms with Gasteiger partial charge >= 0.3 is 0 Å². The van der Waals surface area contributed by atoms with Crippen LogP contribution >= 0.6 is 0 Å². The maximum atomic E-state index is 13.0. The van der Waals surface area contributed by atoms with Crippen LogP contribution in [0.2, 0.25) is 0 Å². The molecule has 1 aromatic heterocycles. The summed E-state index contributed by atoms with van der Waals surface area (Å²) in [5, 5.41) is 1.23. The van der Waals surface area contributed by atoms with Crippen molar-refractivity contribution in [1.82, 2.24) is 14.8 Å². The van der Waals surface area contributed by atoms with E-state index in [9.17, 15) is 4.79 Å². The van der Waals surface area contributed by atoms with Crippen LogP contribution < -0.4 is 0 Å². The Labute approximate surface area is 178 Å². The number of likely N-dealkylation sites (tertiary alicyclic amines) is 1. The number of aromatic nitrogens is 1. The van der Waals surface area contributed by atoms with Gasteiger partial charge in [0.05, 0.1) is 0 Å². The van der Waals surface area contributed by atoms with Gasteiger partial charge < -0.3 is 9.88 Å². The first kappa shape index (κ1) is 19.4. The number of aryl methyl sites for hydroxylation is 1. The molecule has 2 heterocycles. The molecular formula is C26H31N3O. The molecule has 2 aliphatic rings. The molecule has 0 spiro atoms. The summed E-state index contributed by atoms with van der Waals surface area (Å²) >= 11 is 0. The van der Waals surface area contributed by atoms with E-state index in [1.165, 1.54) is 28.5 Å². The molecule has 0 saturated carbocycles. The molecule has 5 rings (SSSR count). The van der Waals surface area contributed by atoms with Crippen LogP contribution in [0, 0.1) is 0 Å². The number of hydrogen-bond donors (Lipinski definition) is 1. The molecular weight excluding hydrogens is 370 g/mol. The lowest BCUT2D eigenvalue weighted by Crippen LogP contribution is -2.51. The van der Waals surface area contributed by atoms with Gasteiger partial charge in [0.15, 0.2) is 0 Å². The SMILES string of the molecule is CN(C(=O)CCc1c[nH]c2ccccc12)[C@H]1CCCN(C2Cc3ccccc3C2)C1. The molecule has 4 nitrogen and oxygen atoms in total. The van der Waals surface area contributed by atoms with Gasteiger partial charge in [-0.25, -0.2) is 0 Å². The van der Waals surface area contributed by atoms with Crippen LogP contribution in [0.3, 0.4) is 0 Å². The van der Waals surface area contributed by atoms with Crippen LogP contribution in [-0.2, 0) is 24.1 Å².